The average molecular weight is 363 g/mol. The van der Waals surface area contributed by atoms with E-state index in [0.29, 0.717) is 5.75 Å². The topological polar surface area (TPSA) is 44.1 Å². The van der Waals surface area contributed by atoms with Crippen LogP contribution in [0.15, 0.2) is 40.9 Å². The number of carbonyl (C=O) groups excluding carboxylic acids is 1. The van der Waals surface area contributed by atoms with Gasteiger partial charge in [0.15, 0.2) is 6.61 Å². The minimum Gasteiger partial charge on any atom is -0.484 e. The molecule has 0 fully saturated rings. The molecule has 0 bridgehead atoms. The Labute approximate surface area is 138 Å². The summed E-state index contributed by atoms with van der Waals surface area (Å²) in [6.45, 7) is 9.65. The molecule has 0 atom stereocenters. The van der Waals surface area contributed by atoms with E-state index in [1.54, 1.807) is 0 Å². The number of aromatic nitrogens is 2. The first-order chi connectivity index (χ1) is 10.4. The summed E-state index contributed by atoms with van der Waals surface area (Å²) in [5.41, 5.74) is 3.82. The number of halogens is 1. The second kappa shape index (κ2) is 6.92. The van der Waals surface area contributed by atoms with Crippen LogP contribution in [-0.4, -0.2) is 22.3 Å². The Morgan fingerprint density at radius 3 is 2.55 bits per heavy atom. The van der Waals surface area contributed by atoms with Crippen LogP contribution in [-0.2, 0) is 6.42 Å². The number of allylic oxidation sites excluding steroid dienone is 1. The summed E-state index contributed by atoms with van der Waals surface area (Å²) in [4.78, 5) is 12.3. The van der Waals surface area contributed by atoms with E-state index < -0.39 is 0 Å². The highest BCUT2D eigenvalue weighted by molar-refractivity contribution is 9.10. The van der Waals surface area contributed by atoms with Crippen molar-refractivity contribution in [1.82, 2.24) is 9.78 Å². The van der Waals surface area contributed by atoms with Crippen molar-refractivity contribution in [3.63, 3.8) is 0 Å². The molecule has 22 heavy (non-hydrogen) atoms. The Morgan fingerprint density at radius 1 is 1.32 bits per heavy atom. The molecule has 4 nitrogen and oxygen atoms in total. The van der Waals surface area contributed by atoms with Crippen LogP contribution in [0.3, 0.4) is 0 Å². The highest BCUT2D eigenvalue weighted by Crippen LogP contribution is 2.18. The van der Waals surface area contributed by atoms with Gasteiger partial charge in [-0.1, -0.05) is 28.1 Å². The highest BCUT2D eigenvalue weighted by atomic mass is 79.9. The molecular formula is C17H19BrN2O2. The van der Waals surface area contributed by atoms with Gasteiger partial charge in [-0.15, -0.1) is 0 Å². The van der Waals surface area contributed by atoms with Crippen LogP contribution in [0.25, 0.3) is 0 Å². The van der Waals surface area contributed by atoms with Crippen LogP contribution in [0.5, 0.6) is 5.75 Å². The van der Waals surface area contributed by atoms with Crippen molar-refractivity contribution in [3.8, 4) is 5.75 Å². The Morgan fingerprint density at radius 2 is 1.95 bits per heavy atom. The molecule has 0 spiro atoms. The first-order valence-corrected chi connectivity index (χ1v) is 7.79. The summed E-state index contributed by atoms with van der Waals surface area (Å²) < 4.78 is 7.90. The molecule has 1 aromatic carbocycles. The van der Waals surface area contributed by atoms with Crippen molar-refractivity contribution in [2.75, 3.05) is 6.61 Å². The maximum Gasteiger partial charge on any atom is 0.284 e. The van der Waals surface area contributed by atoms with Crippen molar-refractivity contribution >= 4 is 21.8 Å². The maximum absolute atomic E-state index is 12.3. The van der Waals surface area contributed by atoms with Gasteiger partial charge in [0.05, 0.1) is 5.69 Å². The number of ether oxygens (including phenoxy) is 1. The summed E-state index contributed by atoms with van der Waals surface area (Å²) in [7, 11) is 0. The van der Waals surface area contributed by atoms with Gasteiger partial charge in [0.25, 0.3) is 5.91 Å². The van der Waals surface area contributed by atoms with E-state index in [4.69, 9.17) is 4.74 Å². The molecule has 2 rings (SSSR count). The minimum atomic E-state index is -0.184. The lowest BCUT2D eigenvalue weighted by Gasteiger charge is -2.07. The Bertz CT molecular complexity index is 702. The van der Waals surface area contributed by atoms with E-state index in [-0.39, 0.29) is 12.5 Å². The van der Waals surface area contributed by atoms with E-state index in [1.165, 1.54) is 4.68 Å². The molecule has 0 saturated carbocycles. The fraction of sp³-hybridized carbons (Fsp3) is 0.294. The predicted octanol–water partition coefficient (Wildman–Crippen LogP) is 4.10. The zero-order chi connectivity index (χ0) is 16.3. The van der Waals surface area contributed by atoms with Crippen LogP contribution in [0, 0.1) is 13.8 Å². The van der Waals surface area contributed by atoms with Crippen LogP contribution in [0.2, 0.25) is 0 Å². The molecule has 1 aromatic heterocycles. The zero-order valence-electron chi connectivity index (χ0n) is 13.0. The number of hydrogen-bond donors (Lipinski definition) is 0. The lowest BCUT2D eigenvalue weighted by Crippen LogP contribution is -2.21. The minimum absolute atomic E-state index is 0.0455. The lowest BCUT2D eigenvalue weighted by molar-refractivity contribution is 0.0818. The molecule has 1 heterocycles. The van der Waals surface area contributed by atoms with Gasteiger partial charge in [0.1, 0.15) is 5.75 Å². The van der Waals surface area contributed by atoms with Gasteiger partial charge in [-0.3, -0.25) is 4.79 Å². The van der Waals surface area contributed by atoms with Crippen LogP contribution in [0.4, 0.5) is 0 Å². The van der Waals surface area contributed by atoms with Gasteiger partial charge < -0.3 is 4.74 Å². The van der Waals surface area contributed by atoms with Crippen LogP contribution >= 0.6 is 15.9 Å². The maximum atomic E-state index is 12.3. The summed E-state index contributed by atoms with van der Waals surface area (Å²) in [5.74, 6) is 0.469. The van der Waals surface area contributed by atoms with Crippen molar-refractivity contribution in [1.29, 1.82) is 0 Å². The number of hydrogen-bond acceptors (Lipinski definition) is 3. The van der Waals surface area contributed by atoms with E-state index in [1.807, 2.05) is 45.0 Å². The van der Waals surface area contributed by atoms with Gasteiger partial charge in [-0.25, -0.2) is 4.68 Å². The van der Waals surface area contributed by atoms with E-state index in [0.717, 1.165) is 33.4 Å². The number of nitrogens with zero attached hydrogens (tertiary/aromatic N) is 2. The molecule has 116 valence electrons. The zero-order valence-corrected chi connectivity index (χ0v) is 14.6. The predicted molar refractivity (Wildman–Crippen MR) is 90.5 cm³/mol. The Kier molecular flexibility index (Phi) is 5.19. The monoisotopic (exact) mass is 362 g/mol. The molecule has 0 aliphatic heterocycles. The third kappa shape index (κ3) is 3.85. The molecular weight excluding hydrogens is 344 g/mol. The molecule has 0 aliphatic carbocycles. The Balaban J connectivity index is 2.09. The molecule has 0 aliphatic rings. The van der Waals surface area contributed by atoms with Crippen molar-refractivity contribution in [2.24, 2.45) is 0 Å². The van der Waals surface area contributed by atoms with E-state index in [2.05, 4.69) is 27.6 Å². The quantitative estimate of drug-likeness (QED) is 0.752. The standard InChI is InChI=1S/C17H19BrN2O2/c1-11(2)9-16-12(3)19-20(13(16)4)17(21)10-22-15-7-5-14(18)6-8-15/h5-8H,1,9-10H2,2-4H3. The first kappa shape index (κ1) is 16.5. The van der Waals surface area contributed by atoms with Gasteiger partial charge in [-0.2, -0.15) is 5.10 Å². The largest absolute Gasteiger partial charge is 0.484 e. The molecule has 0 saturated heterocycles. The highest BCUT2D eigenvalue weighted by Gasteiger charge is 2.16. The second-order valence-electron chi connectivity index (χ2n) is 5.33. The third-order valence-electron chi connectivity index (χ3n) is 3.33. The second-order valence-corrected chi connectivity index (χ2v) is 6.25. The molecule has 0 radical (unpaired) electrons. The summed E-state index contributed by atoms with van der Waals surface area (Å²) in [6, 6.07) is 7.36. The number of rotatable bonds is 5. The SMILES string of the molecule is C=C(C)Cc1c(C)nn(C(=O)COc2ccc(Br)cc2)c1C. The van der Waals surface area contributed by atoms with Crippen LogP contribution in [0.1, 0.15) is 28.7 Å². The fourth-order valence-electron chi connectivity index (χ4n) is 2.21. The van der Waals surface area contributed by atoms with Gasteiger partial charge in [0, 0.05) is 15.7 Å². The van der Waals surface area contributed by atoms with Crippen molar-refractivity contribution < 1.29 is 9.53 Å². The van der Waals surface area contributed by atoms with Crippen molar-refractivity contribution in [3.05, 3.63) is 57.8 Å². The first-order valence-electron chi connectivity index (χ1n) is 6.99. The number of carbonyl (C=O) groups is 1. The van der Waals surface area contributed by atoms with Gasteiger partial charge in [-0.05, 0) is 51.5 Å². The molecule has 0 unspecified atom stereocenters. The molecule has 5 heteroatoms. The Hall–Kier alpha value is -1.88. The van der Waals surface area contributed by atoms with Gasteiger partial charge >= 0.3 is 0 Å². The lowest BCUT2D eigenvalue weighted by atomic mass is 10.1. The normalized spacial score (nSPS) is 10.5. The van der Waals surface area contributed by atoms with E-state index in [9.17, 15) is 4.79 Å². The summed E-state index contributed by atoms with van der Waals surface area (Å²) in [6.07, 6.45) is 0.735. The van der Waals surface area contributed by atoms with Gasteiger partial charge in [0.2, 0.25) is 0 Å². The fourth-order valence-corrected chi connectivity index (χ4v) is 2.48. The van der Waals surface area contributed by atoms with Crippen molar-refractivity contribution in [2.45, 2.75) is 27.2 Å². The third-order valence-corrected chi connectivity index (χ3v) is 3.86. The molecule has 2 aromatic rings. The smallest absolute Gasteiger partial charge is 0.284 e. The molecule has 0 amide bonds. The molecule has 0 N–H and O–H groups in total. The summed E-state index contributed by atoms with van der Waals surface area (Å²) in [5, 5.41) is 4.33. The summed E-state index contributed by atoms with van der Waals surface area (Å²) >= 11 is 3.36. The average Bonchev–Trinajstić information content (AvgIpc) is 2.74. The number of aryl methyl sites for hydroxylation is 1. The van der Waals surface area contributed by atoms with E-state index >= 15 is 0 Å². The van der Waals surface area contributed by atoms with Crippen LogP contribution < -0.4 is 4.74 Å². The number of benzene rings is 1.